The Morgan fingerprint density at radius 1 is 0.850 bits per heavy atom. The van der Waals surface area contributed by atoms with Gasteiger partial charge in [0.1, 0.15) is 5.75 Å². The van der Waals surface area contributed by atoms with Gasteiger partial charge >= 0.3 is 33.2 Å². The minimum absolute atomic E-state index is 0. The minimum atomic E-state index is -3.52. The molecule has 0 atom stereocenters. The molecule has 3 nitrogen and oxygen atoms in total. The maximum absolute atomic E-state index is 11.3. The van der Waals surface area contributed by atoms with Crippen LogP contribution in [0.3, 0.4) is 0 Å². The molecule has 3 rings (SSSR count). The number of benzene rings is 3. The van der Waals surface area contributed by atoms with Gasteiger partial charge in [-0.2, -0.15) is 8.42 Å². The summed E-state index contributed by atoms with van der Waals surface area (Å²) in [5.41, 5.74) is 0. The highest BCUT2D eigenvalue weighted by Crippen LogP contribution is 2.30. The lowest BCUT2D eigenvalue weighted by Crippen LogP contribution is -2.05. The van der Waals surface area contributed by atoms with E-state index in [0.717, 1.165) is 27.8 Å². The molecule has 20 heavy (non-hydrogen) atoms. The number of hydrogen-bond acceptors (Lipinski definition) is 3. The molecule has 5 heteroatoms. The maximum Gasteiger partial charge on any atom is 0.316 e. The third-order valence-corrected chi connectivity index (χ3v) is 3.43. The van der Waals surface area contributed by atoms with Gasteiger partial charge in [-0.05, 0) is 34.4 Å². The summed E-state index contributed by atoms with van der Waals surface area (Å²) < 4.78 is 27.6. The quantitative estimate of drug-likeness (QED) is 0.414. The Kier molecular flexibility index (Phi) is 4.22. The zero-order chi connectivity index (χ0) is 13.5. The standard InChI is InChI=1S/C15H12O3S.Mg.2H/c1-19(16,17)18-15-8-4-7-13-9-11-5-2-3-6-12(11)10-14(13)15;;;/h2-10H,1H3;;;. The fourth-order valence-electron chi connectivity index (χ4n) is 2.17. The van der Waals surface area contributed by atoms with Crippen LogP contribution in [0.15, 0.2) is 54.6 Å². The summed E-state index contributed by atoms with van der Waals surface area (Å²) in [5, 5.41) is 3.93. The van der Waals surface area contributed by atoms with Crippen LogP contribution in [-0.4, -0.2) is 37.7 Å². The molecular formula is C15H14MgO3S. The smallest absolute Gasteiger partial charge is 0.316 e. The summed E-state index contributed by atoms with van der Waals surface area (Å²) in [7, 11) is -3.52. The van der Waals surface area contributed by atoms with Crippen LogP contribution in [0.1, 0.15) is 0 Å². The van der Waals surface area contributed by atoms with Crippen molar-refractivity contribution in [2.24, 2.45) is 0 Å². The van der Waals surface area contributed by atoms with Gasteiger partial charge in [-0.1, -0.05) is 36.4 Å². The molecule has 0 unspecified atom stereocenters. The number of rotatable bonds is 2. The molecule has 3 aromatic rings. The molecule has 0 heterocycles. The summed E-state index contributed by atoms with van der Waals surface area (Å²) in [6.07, 6.45) is 1.05. The molecule has 0 aliphatic heterocycles. The number of hydrogen-bond donors (Lipinski definition) is 0. The number of fused-ring (bicyclic) bond motifs is 2. The second kappa shape index (κ2) is 5.59. The van der Waals surface area contributed by atoms with Crippen molar-refractivity contribution in [3.63, 3.8) is 0 Å². The van der Waals surface area contributed by atoms with Crippen LogP contribution in [0.25, 0.3) is 21.5 Å². The van der Waals surface area contributed by atoms with Crippen molar-refractivity contribution in [1.29, 1.82) is 0 Å². The average Bonchev–Trinajstić information content (AvgIpc) is 2.35. The van der Waals surface area contributed by atoms with E-state index in [9.17, 15) is 8.42 Å². The van der Waals surface area contributed by atoms with Crippen LogP contribution in [0.5, 0.6) is 5.75 Å². The third-order valence-electron chi connectivity index (χ3n) is 2.95. The van der Waals surface area contributed by atoms with Crippen molar-refractivity contribution < 1.29 is 12.6 Å². The Bertz CT molecular complexity index is 873. The molecule has 0 fully saturated rings. The van der Waals surface area contributed by atoms with E-state index in [1.807, 2.05) is 42.5 Å². The van der Waals surface area contributed by atoms with E-state index >= 15 is 0 Å². The van der Waals surface area contributed by atoms with E-state index in [-0.39, 0.29) is 23.1 Å². The monoisotopic (exact) mass is 298 g/mol. The summed E-state index contributed by atoms with van der Waals surface area (Å²) in [6.45, 7) is 0. The van der Waals surface area contributed by atoms with Crippen molar-refractivity contribution in [2.75, 3.05) is 6.26 Å². The van der Waals surface area contributed by atoms with Crippen molar-refractivity contribution in [3.8, 4) is 5.75 Å². The van der Waals surface area contributed by atoms with Crippen molar-refractivity contribution in [2.45, 2.75) is 0 Å². The van der Waals surface area contributed by atoms with Gasteiger partial charge in [0.15, 0.2) is 0 Å². The van der Waals surface area contributed by atoms with Gasteiger partial charge in [0.05, 0.1) is 6.26 Å². The fourth-order valence-corrected chi connectivity index (χ4v) is 2.65. The SMILES string of the molecule is CS(=O)(=O)Oc1cccc2cc3ccccc3cc12.[MgH2]. The fraction of sp³-hybridized carbons (Fsp3) is 0.0667. The van der Waals surface area contributed by atoms with Crippen LogP contribution in [-0.2, 0) is 10.1 Å². The highest BCUT2D eigenvalue weighted by molar-refractivity contribution is 7.86. The first kappa shape index (κ1) is 15.1. The molecule has 0 aromatic heterocycles. The highest BCUT2D eigenvalue weighted by atomic mass is 32.2. The van der Waals surface area contributed by atoms with Gasteiger partial charge in [-0.25, -0.2) is 0 Å². The van der Waals surface area contributed by atoms with Crippen molar-refractivity contribution >= 4 is 54.7 Å². The van der Waals surface area contributed by atoms with Crippen molar-refractivity contribution in [3.05, 3.63) is 54.6 Å². The predicted octanol–water partition coefficient (Wildman–Crippen LogP) is 2.42. The zero-order valence-electron chi connectivity index (χ0n) is 10.3. The van der Waals surface area contributed by atoms with E-state index in [0.29, 0.717) is 5.75 Å². The molecule has 0 N–H and O–H groups in total. The van der Waals surface area contributed by atoms with Gasteiger partial charge in [0.25, 0.3) is 0 Å². The maximum atomic E-state index is 11.3. The molecule has 0 aliphatic rings. The molecule has 100 valence electrons. The molecule has 0 spiro atoms. The largest absolute Gasteiger partial charge is 0.382 e. The Balaban J connectivity index is 0.00000147. The Morgan fingerprint density at radius 2 is 1.45 bits per heavy atom. The molecule has 0 saturated heterocycles. The zero-order valence-corrected chi connectivity index (χ0v) is 11.1. The third kappa shape index (κ3) is 3.05. The normalized spacial score (nSPS) is 11.2. The predicted molar refractivity (Wildman–Crippen MR) is 85.5 cm³/mol. The average molecular weight is 299 g/mol. The summed E-state index contributed by atoms with van der Waals surface area (Å²) in [5.74, 6) is 0.366. The van der Waals surface area contributed by atoms with Gasteiger partial charge in [0, 0.05) is 5.39 Å². The lowest BCUT2D eigenvalue weighted by atomic mass is 10.0. The summed E-state index contributed by atoms with van der Waals surface area (Å²) in [4.78, 5) is 0. The minimum Gasteiger partial charge on any atom is -0.382 e. The summed E-state index contributed by atoms with van der Waals surface area (Å²) >= 11 is 0. The molecule has 3 aromatic carbocycles. The van der Waals surface area contributed by atoms with Crippen LogP contribution in [0.2, 0.25) is 0 Å². The Labute approximate surface area is 133 Å². The first-order valence-electron chi connectivity index (χ1n) is 5.84. The van der Waals surface area contributed by atoms with Gasteiger partial charge < -0.3 is 4.18 Å². The molecule has 0 radical (unpaired) electrons. The molecular weight excluding hydrogens is 285 g/mol. The Morgan fingerprint density at radius 3 is 2.10 bits per heavy atom. The van der Waals surface area contributed by atoms with E-state index in [2.05, 4.69) is 0 Å². The van der Waals surface area contributed by atoms with Crippen molar-refractivity contribution in [1.82, 2.24) is 0 Å². The lowest BCUT2D eigenvalue weighted by Gasteiger charge is -2.08. The van der Waals surface area contributed by atoms with E-state index in [1.165, 1.54) is 0 Å². The first-order chi connectivity index (χ1) is 9.03. The lowest BCUT2D eigenvalue weighted by molar-refractivity contribution is 0.496. The van der Waals surface area contributed by atoms with Gasteiger partial charge in [0.2, 0.25) is 0 Å². The Hall–Kier alpha value is -1.30. The molecule has 0 saturated carbocycles. The topological polar surface area (TPSA) is 43.4 Å². The molecule has 0 bridgehead atoms. The van der Waals surface area contributed by atoms with Crippen LogP contribution in [0.4, 0.5) is 0 Å². The second-order valence-electron chi connectivity index (χ2n) is 4.46. The molecule has 0 aliphatic carbocycles. The van der Waals surface area contributed by atoms with Crippen LogP contribution < -0.4 is 4.18 Å². The van der Waals surface area contributed by atoms with E-state index in [1.54, 1.807) is 12.1 Å². The van der Waals surface area contributed by atoms with Gasteiger partial charge in [-0.15, -0.1) is 0 Å². The first-order valence-corrected chi connectivity index (χ1v) is 7.65. The highest BCUT2D eigenvalue weighted by Gasteiger charge is 2.09. The van der Waals surface area contributed by atoms with Crippen LogP contribution in [0, 0.1) is 0 Å². The summed E-state index contributed by atoms with van der Waals surface area (Å²) in [6, 6.07) is 17.3. The van der Waals surface area contributed by atoms with E-state index < -0.39 is 10.1 Å². The van der Waals surface area contributed by atoms with Crippen LogP contribution >= 0.6 is 0 Å². The van der Waals surface area contributed by atoms with E-state index in [4.69, 9.17) is 4.18 Å². The van der Waals surface area contributed by atoms with Gasteiger partial charge in [-0.3, -0.25) is 0 Å². The second-order valence-corrected chi connectivity index (χ2v) is 6.04. The molecule has 0 amide bonds.